The second-order valence-corrected chi connectivity index (χ2v) is 20.0. The van der Waals surface area contributed by atoms with Crippen molar-refractivity contribution in [1.82, 2.24) is 10.6 Å². The molecule has 7 rings (SSSR count). The molecule has 8 heteroatoms. The lowest BCUT2D eigenvalue weighted by atomic mass is 9.70. The minimum atomic E-state index is -0.278. The molecule has 1 aliphatic carbocycles. The van der Waals surface area contributed by atoms with Crippen LogP contribution in [0.25, 0.3) is 44.2 Å². The Morgan fingerprint density at radius 1 is 0.507 bits per heavy atom. The molecule has 0 fully saturated rings. The van der Waals surface area contributed by atoms with Gasteiger partial charge in [0.2, 0.25) is 0 Å². The minimum absolute atomic E-state index is 0.152. The molecule has 0 bridgehead atoms. The number of benzene rings is 4. The maximum Gasteiger partial charge on any atom is 0.253 e. The van der Waals surface area contributed by atoms with E-state index in [-0.39, 0.29) is 28.7 Å². The molecule has 2 amide bonds. The van der Waals surface area contributed by atoms with Crippen molar-refractivity contribution in [1.29, 1.82) is 10.8 Å². The van der Waals surface area contributed by atoms with E-state index in [0.29, 0.717) is 22.3 Å². The van der Waals surface area contributed by atoms with Gasteiger partial charge in [-0.2, -0.15) is 0 Å². The number of carbonyl (C=O) groups excluding carboxylic acids is 2. The van der Waals surface area contributed by atoms with E-state index in [4.69, 9.17) is 10.8 Å². The van der Waals surface area contributed by atoms with Crippen LogP contribution in [0.4, 0.5) is 0 Å². The molecule has 0 unspecified atom stereocenters. The molecule has 6 nitrogen and oxygen atoms in total. The van der Waals surface area contributed by atoms with E-state index in [1.165, 1.54) is 110 Å². The van der Waals surface area contributed by atoms with Crippen LogP contribution in [0.2, 0.25) is 0 Å². The summed E-state index contributed by atoms with van der Waals surface area (Å²) in [7, 11) is 3.23. The van der Waals surface area contributed by atoms with E-state index in [0.717, 1.165) is 32.4 Å². The van der Waals surface area contributed by atoms with Gasteiger partial charge in [0.25, 0.3) is 11.8 Å². The summed E-state index contributed by atoms with van der Waals surface area (Å²) in [6, 6.07) is 41.5. The monoisotopic (exact) mass is 926 g/mol. The second-order valence-electron chi connectivity index (χ2n) is 17.8. The lowest BCUT2D eigenvalue weighted by Crippen LogP contribution is -2.25. The lowest BCUT2D eigenvalue weighted by molar-refractivity contribution is -0.117. The Bertz CT molecular complexity index is 2540. The van der Waals surface area contributed by atoms with Crippen LogP contribution in [0.3, 0.4) is 0 Å². The predicted octanol–water partition coefficient (Wildman–Crippen LogP) is 15.3. The zero-order valence-corrected chi connectivity index (χ0v) is 41.4. The molecule has 6 aromatic rings. The van der Waals surface area contributed by atoms with Crippen molar-refractivity contribution in [3.05, 3.63) is 164 Å². The van der Waals surface area contributed by atoms with Crippen LogP contribution < -0.4 is 10.6 Å². The first-order valence-corrected chi connectivity index (χ1v) is 26.0. The molecule has 2 aromatic heterocycles. The molecule has 0 saturated heterocycles. The lowest BCUT2D eigenvalue weighted by Gasteiger charge is -2.33. The summed E-state index contributed by atoms with van der Waals surface area (Å²) < 4.78 is 0. The molecule has 0 saturated carbocycles. The van der Waals surface area contributed by atoms with Gasteiger partial charge in [-0.25, -0.2) is 0 Å². The maximum atomic E-state index is 13.2. The van der Waals surface area contributed by atoms with Gasteiger partial charge in [0.1, 0.15) is 0 Å². The van der Waals surface area contributed by atoms with Crippen LogP contribution in [-0.4, -0.2) is 37.3 Å². The molecule has 0 aliphatic heterocycles. The molecular formula is C59H66N4O2S2. The number of nitrogens with one attached hydrogen (secondary N) is 4. The normalized spacial score (nSPS) is 13.0. The highest BCUT2D eigenvalue weighted by Gasteiger charge is 2.42. The number of amides is 2. The first-order chi connectivity index (χ1) is 32.7. The Labute approximate surface area is 406 Å². The fraction of sp³-hybridized carbons (Fsp3) is 0.322. The van der Waals surface area contributed by atoms with Gasteiger partial charge in [0.15, 0.2) is 0 Å². The van der Waals surface area contributed by atoms with Crippen molar-refractivity contribution in [2.45, 2.75) is 109 Å². The van der Waals surface area contributed by atoms with Gasteiger partial charge in [0.05, 0.1) is 22.6 Å². The van der Waals surface area contributed by atoms with Crippen LogP contribution in [0.15, 0.2) is 132 Å². The third-order valence-electron chi connectivity index (χ3n) is 13.3. The fourth-order valence-corrected chi connectivity index (χ4v) is 11.5. The topological polar surface area (TPSA) is 106 Å². The van der Waals surface area contributed by atoms with Crippen LogP contribution in [0.1, 0.15) is 136 Å². The number of thiophene rings is 2. The Morgan fingerprint density at radius 3 is 1.28 bits per heavy atom. The molecule has 0 spiro atoms. The fourth-order valence-electron chi connectivity index (χ4n) is 9.63. The van der Waals surface area contributed by atoms with E-state index < -0.39 is 0 Å². The average molecular weight is 927 g/mol. The van der Waals surface area contributed by atoms with Crippen molar-refractivity contribution < 1.29 is 9.59 Å². The Hall–Kier alpha value is -5.96. The summed E-state index contributed by atoms with van der Waals surface area (Å²) in [6.45, 7) is 4.56. The minimum Gasteiger partial charge on any atom is -0.355 e. The molecule has 0 atom stereocenters. The van der Waals surface area contributed by atoms with Crippen molar-refractivity contribution in [3.63, 3.8) is 0 Å². The largest absolute Gasteiger partial charge is 0.355 e. The van der Waals surface area contributed by atoms with E-state index in [1.54, 1.807) is 36.8 Å². The maximum absolute atomic E-state index is 13.2. The standard InChI is InChI=1S/C59H66N4O2S2/c1-5-7-9-11-13-21-35-59(36-22-14-12-10-8-6-2)51-37-43(53-33-29-45(66-53)39-49(57(64)62-3)55(60)41-23-17-15-18-24-41)27-31-47(51)48-32-28-44(38-52(48)59)54-34-30-46(67-54)40-50(58(65)63-4)56(61)42-25-19-16-20-26-42/h15-20,23-34,37-40,60-61H,5-14,21-22,35-36H2,1-4H3,(H,62,64)(H,63,65)/b49-39+,50-40+,60-55?,61-56?. The first kappa shape index (κ1) is 49.0. The van der Waals surface area contributed by atoms with Gasteiger partial charge in [-0.3, -0.25) is 20.4 Å². The molecular weight excluding hydrogens is 861 g/mol. The van der Waals surface area contributed by atoms with Gasteiger partial charge in [0, 0.05) is 50.1 Å². The zero-order chi connectivity index (χ0) is 47.2. The van der Waals surface area contributed by atoms with E-state index in [9.17, 15) is 9.59 Å². The van der Waals surface area contributed by atoms with Gasteiger partial charge in [-0.1, -0.05) is 176 Å². The van der Waals surface area contributed by atoms with Crippen LogP contribution in [0, 0.1) is 10.8 Å². The Morgan fingerprint density at radius 2 is 0.896 bits per heavy atom. The van der Waals surface area contributed by atoms with Crippen LogP contribution in [-0.2, 0) is 15.0 Å². The summed E-state index contributed by atoms with van der Waals surface area (Å²) >= 11 is 3.31. The van der Waals surface area contributed by atoms with E-state index in [2.05, 4.69) is 85.1 Å². The smallest absolute Gasteiger partial charge is 0.253 e. The van der Waals surface area contributed by atoms with Crippen molar-refractivity contribution >= 4 is 58.1 Å². The number of likely N-dealkylation sites (N-methyl/N-ethyl adjacent to an activating group) is 2. The molecule has 4 aromatic carbocycles. The first-order valence-electron chi connectivity index (χ1n) is 24.4. The van der Waals surface area contributed by atoms with Gasteiger partial charge in [-0.05, 0) is 94.8 Å². The van der Waals surface area contributed by atoms with Gasteiger partial charge in [-0.15, -0.1) is 22.7 Å². The highest BCUT2D eigenvalue weighted by molar-refractivity contribution is 7.16. The summed E-state index contributed by atoms with van der Waals surface area (Å²) in [5.41, 5.74) is 10.2. The van der Waals surface area contributed by atoms with E-state index >= 15 is 0 Å². The summed E-state index contributed by atoms with van der Waals surface area (Å²) in [6.07, 6.45) is 20.8. The number of hydrogen-bond donors (Lipinski definition) is 4. The number of fused-ring (bicyclic) bond motifs is 3. The zero-order valence-electron chi connectivity index (χ0n) is 39.7. The third kappa shape index (κ3) is 11.6. The Balaban J connectivity index is 1.28. The highest BCUT2D eigenvalue weighted by Crippen LogP contribution is 2.56. The molecule has 1 aliphatic rings. The Kier molecular flexibility index (Phi) is 17.3. The number of hydrogen-bond acceptors (Lipinski definition) is 6. The second kappa shape index (κ2) is 23.7. The summed E-state index contributed by atoms with van der Waals surface area (Å²) in [5, 5.41) is 23.4. The van der Waals surface area contributed by atoms with Crippen molar-refractivity contribution in [3.8, 4) is 32.0 Å². The number of rotatable bonds is 24. The van der Waals surface area contributed by atoms with E-state index in [1.807, 2.05) is 72.8 Å². The van der Waals surface area contributed by atoms with Gasteiger partial charge >= 0.3 is 0 Å². The molecule has 4 N–H and O–H groups in total. The molecule has 0 radical (unpaired) electrons. The summed E-state index contributed by atoms with van der Waals surface area (Å²) in [4.78, 5) is 30.5. The molecule has 2 heterocycles. The molecule has 67 heavy (non-hydrogen) atoms. The van der Waals surface area contributed by atoms with Gasteiger partial charge < -0.3 is 10.6 Å². The SMILES string of the molecule is CCCCCCCCC1(CCCCCCCC)c2cc(-c3ccc(/C=C(\C(=N)c4ccccc4)C(=O)NC)s3)ccc2-c2ccc(-c3ccc(/C=C(\C(=N)c4ccccc4)C(=O)NC)s3)cc21. The quantitative estimate of drug-likeness (QED) is 0.0276. The number of unbranched alkanes of at least 4 members (excludes halogenated alkanes) is 10. The summed E-state index contributed by atoms with van der Waals surface area (Å²) in [5.74, 6) is -0.555. The number of carbonyl (C=O) groups is 2. The van der Waals surface area contributed by atoms with Crippen molar-refractivity contribution in [2.24, 2.45) is 0 Å². The highest BCUT2D eigenvalue weighted by atomic mass is 32.1. The third-order valence-corrected chi connectivity index (χ3v) is 15.4. The van der Waals surface area contributed by atoms with Crippen molar-refractivity contribution in [2.75, 3.05) is 14.1 Å². The van der Waals surface area contributed by atoms with Crippen LogP contribution >= 0.6 is 22.7 Å². The molecule has 346 valence electrons. The predicted molar refractivity (Wildman–Crippen MR) is 286 cm³/mol. The average Bonchev–Trinajstić information content (AvgIpc) is 4.11. The van der Waals surface area contributed by atoms with Crippen LogP contribution in [0.5, 0.6) is 0 Å².